The van der Waals surface area contributed by atoms with Crippen LogP contribution in [0.3, 0.4) is 0 Å². The Morgan fingerprint density at radius 3 is 2.86 bits per heavy atom. The smallest absolute Gasteiger partial charge is 0.256 e. The molecule has 9 heteroatoms. The van der Waals surface area contributed by atoms with Gasteiger partial charge in [0.2, 0.25) is 5.82 Å². The summed E-state index contributed by atoms with van der Waals surface area (Å²) in [5.74, 6) is -3.88. The number of nitrogens with one attached hydrogen (secondary N) is 1. The molecule has 0 saturated carbocycles. The lowest BCUT2D eigenvalue weighted by Crippen LogP contribution is -2.20. The minimum absolute atomic E-state index is 0.181. The van der Waals surface area contributed by atoms with Crippen LogP contribution in [0.15, 0.2) is 54.7 Å². The molecule has 1 aliphatic heterocycles. The summed E-state index contributed by atoms with van der Waals surface area (Å²) >= 11 is 1.43. The van der Waals surface area contributed by atoms with Gasteiger partial charge in [-0.25, -0.2) is 0 Å². The predicted molar refractivity (Wildman–Crippen MR) is 104 cm³/mol. The van der Waals surface area contributed by atoms with Crippen LogP contribution in [-0.2, 0) is 5.92 Å². The van der Waals surface area contributed by atoms with Gasteiger partial charge in [-0.3, -0.25) is 9.71 Å². The third kappa shape index (κ3) is 2.74. The first-order chi connectivity index (χ1) is 13.5. The monoisotopic (exact) mass is 396 g/mol. The van der Waals surface area contributed by atoms with E-state index in [-0.39, 0.29) is 17.3 Å². The molecular weight excluding hydrogens is 382 g/mol. The number of aromatic nitrogens is 5. The molecule has 3 aromatic heterocycles. The maximum absolute atomic E-state index is 15.3. The number of hydrogen-bond acceptors (Lipinski definition) is 6. The van der Waals surface area contributed by atoms with Crippen molar-refractivity contribution in [1.82, 2.24) is 29.5 Å². The van der Waals surface area contributed by atoms with Crippen LogP contribution in [0.2, 0.25) is 0 Å². The van der Waals surface area contributed by atoms with Gasteiger partial charge in [-0.1, -0.05) is 12.1 Å². The van der Waals surface area contributed by atoms with E-state index in [0.717, 1.165) is 9.42 Å². The average Bonchev–Trinajstić information content (AvgIpc) is 3.33. The number of pyridine rings is 1. The van der Waals surface area contributed by atoms with E-state index in [1.165, 1.54) is 24.1 Å². The molecular formula is C19H14F2N6S. The fourth-order valence-electron chi connectivity index (χ4n) is 3.11. The number of hydrogen-bond donors (Lipinski definition) is 1. The molecule has 0 fully saturated rings. The number of halogens is 2. The number of alkyl halides is 2. The number of rotatable bonds is 3. The second-order valence-electron chi connectivity index (χ2n) is 6.54. The van der Waals surface area contributed by atoms with Crippen molar-refractivity contribution in [3.63, 3.8) is 0 Å². The zero-order chi connectivity index (χ0) is 19.3. The van der Waals surface area contributed by atoms with E-state index in [4.69, 9.17) is 0 Å². The summed E-state index contributed by atoms with van der Waals surface area (Å²) in [7, 11) is 0. The molecule has 1 aromatic carbocycles. The van der Waals surface area contributed by atoms with Gasteiger partial charge in [0, 0.05) is 28.1 Å². The number of fused-ring (bicyclic) bond motifs is 2. The lowest BCUT2D eigenvalue weighted by molar-refractivity contribution is 0.0307. The van der Waals surface area contributed by atoms with Crippen LogP contribution < -0.4 is 4.72 Å². The summed E-state index contributed by atoms with van der Waals surface area (Å²) in [5.41, 5.74) is 1.33. The van der Waals surface area contributed by atoms with Gasteiger partial charge in [-0.05, 0) is 55.3 Å². The Hall–Kier alpha value is -2.91. The lowest BCUT2D eigenvalue weighted by Gasteiger charge is -2.15. The van der Waals surface area contributed by atoms with Crippen LogP contribution in [0.25, 0.3) is 21.5 Å². The van der Waals surface area contributed by atoms with Crippen molar-refractivity contribution in [3.05, 3.63) is 71.8 Å². The molecule has 6 nitrogen and oxygen atoms in total. The third-order valence-corrected chi connectivity index (χ3v) is 5.57. The Kier molecular flexibility index (Phi) is 3.88. The highest BCUT2D eigenvalue weighted by Gasteiger charge is 2.40. The summed E-state index contributed by atoms with van der Waals surface area (Å²) in [6.45, 7) is 2.01. The second-order valence-corrected chi connectivity index (χ2v) is 7.42. The van der Waals surface area contributed by atoms with Crippen LogP contribution in [-0.4, -0.2) is 30.8 Å². The third-order valence-electron chi connectivity index (χ3n) is 4.52. The van der Waals surface area contributed by atoms with Crippen LogP contribution >= 0.6 is 11.9 Å². The van der Waals surface area contributed by atoms with E-state index in [1.54, 1.807) is 36.5 Å². The van der Waals surface area contributed by atoms with Crippen molar-refractivity contribution in [2.24, 2.45) is 0 Å². The van der Waals surface area contributed by atoms with Crippen molar-refractivity contribution in [1.29, 1.82) is 0 Å². The molecule has 0 radical (unpaired) electrons. The minimum Gasteiger partial charge on any atom is -0.256 e. The first-order valence-corrected chi connectivity index (χ1v) is 9.44. The molecule has 1 aliphatic rings. The predicted octanol–water partition coefficient (Wildman–Crippen LogP) is 3.79. The molecule has 0 spiro atoms. The van der Waals surface area contributed by atoms with Gasteiger partial charge in [-0.2, -0.15) is 18.4 Å². The summed E-state index contributed by atoms with van der Waals surface area (Å²) in [5, 5.41) is 12.6. The maximum atomic E-state index is 15.3. The van der Waals surface area contributed by atoms with Gasteiger partial charge in [-0.15, -0.1) is 10.2 Å². The van der Waals surface area contributed by atoms with Crippen LogP contribution in [0.1, 0.15) is 24.0 Å². The molecule has 0 amide bonds. The van der Waals surface area contributed by atoms with E-state index < -0.39 is 11.7 Å². The molecule has 140 valence electrons. The first-order valence-electron chi connectivity index (χ1n) is 8.63. The summed E-state index contributed by atoms with van der Waals surface area (Å²) in [4.78, 5) is 5.06. The minimum atomic E-state index is -3.36. The van der Waals surface area contributed by atoms with Crippen LogP contribution in [0, 0.1) is 0 Å². The molecule has 5 rings (SSSR count). The van der Waals surface area contributed by atoms with E-state index in [2.05, 4.69) is 25.0 Å². The van der Waals surface area contributed by atoms with Gasteiger partial charge < -0.3 is 0 Å². The molecule has 4 heterocycles. The van der Waals surface area contributed by atoms with Crippen molar-refractivity contribution in [3.8, 4) is 0 Å². The highest BCUT2D eigenvalue weighted by Crippen LogP contribution is 2.36. The molecule has 1 unspecified atom stereocenters. The zero-order valence-corrected chi connectivity index (χ0v) is 15.5. The van der Waals surface area contributed by atoms with Gasteiger partial charge in [0.1, 0.15) is 0 Å². The maximum Gasteiger partial charge on any atom is 0.333 e. The highest BCUT2D eigenvalue weighted by atomic mass is 32.2. The van der Waals surface area contributed by atoms with E-state index >= 15 is 8.78 Å². The SMILES string of the molecule is CC1C=C(c2ccc3nnc(C(F)(F)c4ccc5ncccc5c4)n3n2)SN1. The van der Waals surface area contributed by atoms with Crippen LogP contribution in [0.4, 0.5) is 8.78 Å². The molecule has 0 bridgehead atoms. The Bertz CT molecular complexity index is 1240. The highest BCUT2D eigenvalue weighted by molar-refractivity contribution is 8.06. The van der Waals surface area contributed by atoms with Crippen molar-refractivity contribution >= 4 is 33.4 Å². The molecule has 4 aromatic rings. The average molecular weight is 396 g/mol. The van der Waals surface area contributed by atoms with E-state index in [1.807, 2.05) is 13.0 Å². The number of benzene rings is 1. The summed E-state index contributed by atoms with van der Waals surface area (Å²) in [6, 6.07) is 11.4. The van der Waals surface area contributed by atoms with Crippen molar-refractivity contribution in [2.45, 2.75) is 18.9 Å². The Labute approximate surface area is 162 Å². The standard InChI is InChI=1S/C19H14F2N6S/c1-11-9-16(28-26-11)15-6-7-17-23-24-18(27(17)25-15)19(20,21)13-4-5-14-12(10-13)3-2-8-22-14/h2-11,26H,1H3. The molecule has 1 atom stereocenters. The molecule has 0 saturated heterocycles. The van der Waals surface area contributed by atoms with Gasteiger partial charge in [0.25, 0.3) is 0 Å². The van der Waals surface area contributed by atoms with Crippen molar-refractivity contribution < 1.29 is 8.78 Å². The topological polar surface area (TPSA) is 68.0 Å². The van der Waals surface area contributed by atoms with E-state index in [9.17, 15) is 0 Å². The van der Waals surface area contributed by atoms with Crippen LogP contribution in [0.5, 0.6) is 0 Å². The Morgan fingerprint density at radius 2 is 2.04 bits per heavy atom. The molecule has 28 heavy (non-hydrogen) atoms. The fraction of sp³-hybridized carbons (Fsp3) is 0.158. The molecule has 0 aliphatic carbocycles. The number of nitrogens with zero attached hydrogens (tertiary/aromatic N) is 5. The zero-order valence-electron chi connectivity index (χ0n) is 14.7. The van der Waals surface area contributed by atoms with Gasteiger partial charge >= 0.3 is 5.92 Å². The van der Waals surface area contributed by atoms with Gasteiger partial charge in [0.15, 0.2) is 5.65 Å². The summed E-state index contributed by atoms with van der Waals surface area (Å²) in [6.07, 6.45) is 3.63. The first kappa shape index (κ1) is 17.2. The molecule has 1 N–H and O–H groups in total. The van der Waals surface area contributed by atoms with Crippen molar-refractivity contribution in [2.75, 3.05) is 0 Å². The van der Waals surface area contributed by atoms with E-state index in [0.29, 0.717) is 16.6 Å². The fourth-order valence-corrected chi connectivity index (χ4v) is 3.97. The Morgan fingerprint density at radius 1 is 1.14 bits per heavy atom. The largest absolute Gasteiger partial charge is 0.333 e. The normalized spacial score (nSPS) is 17.4. The quantitative estimate of drug-likeness (QED) is 0.532. The van der Waals surface area contributed by atoms with Gasteiger partial charge in [0.05, 0.1) is 11.2 Å². The summed E-state index contributed by atoms with van der Waals surface area (Å²) < 4.78 is 35.0. The lowest BCUT2D eigenvalue weighted by atomic mass is 10.0. The Balaban J connectivity index is 1.63. The second kappa shape index (κ2) is 6.32.